The minimum atomic E-state index is -0.436. The van der Waals surface area contributed by atoms with Crippen molar-refractivity contribution in [1.29, 1.82) is 5.26 Å². The van der Waals surface area contributed by atoms with E-state index in [1.54, 1.807) is 7.11 Å². The van der Waals surface area contributed by atoms with E-state index >= 15 is 0 Å². The first-order valence-corrected chi connectivity index (χ1v) is 6.15. The Balaban J connectivity index is 2.86. The third kappa shape index (κ3) is 3.24. The predicted octanol–water partition coefficient (Wildman–Crippen LogP) is 2.78. The fraction of sp³-hybridized carbons (Fsp3) is 0.533. The highest BCUT2D eigenvalue weighted by Gasteiger charge is 2.26. The molecule has 0 saturated carbocycles. The summed E-state index contributed by atoms with van der Waals surface area (Å²) in [6.45, 7) is 4.04. The first kappa shape index (κ1) is 14.5. The van der Waals surface area contributed by atoms with Gasteiger partial charge in [-0.25, -0.2) is 0 Å². The Morgan fingerprint density at radius 1 is 1.39 bits per heavy atom. The molecule has 3 heteroatoms. The third-order valence-corrected chi connectivity index (χ3v) is 3.54. The van der Waals surface area contributed by atoms with Gasteiger partial charge in [0.1, 0.15) is 11.3 Å². The summed E-state index contributed by atoms with van der Waals surface area (Å²) in [5.41, 5.74) is 1.95. The van der Waals surface area contributed by atoms with Crippen LogP contribution >= 0.6 is 0 Å². The van der Waals surface area contributed by atoms with Gasteiger partial charge in [0, 0.05) is 0 Å². The molecule has 98 valence electrons. The van der Waals surface area contributed by atoms with Crippen LogP contribution in [0.3, 0.4) is 0 Å². The molecule has 1 unspecified atom stereocenters. The Morgan fingerprint density at radius 2 is 2.06 bits per heavy atom. The highest BCUT2D eigenvalue weighted by atomic mass is 16.5. The Kier molecular flexibility index (Phi) is 4.75. The fourth-order valence-electron chi connectivity index (χ4n) is 1.86. The van der Waals surface area contributed by atoms with Gasteiger partial charge in [-0.2, -0.15) is 5.26 Å². The lowest BCUT2D eigenvalue weighted by molar-refractivity contribution is 0.223. The molecule has 0 aromatic heterocycles. The van der Waals surface area contributed by atoms with Crippen molar-refractivity contribution in [3.63, 3.8) is 0 Å². The van der Waals surface area contributed by atoms with Crippen molar-refractivity contribution in [1.82, 2.24) is 4.90 Å². The Bertz CT molecular complexity index is 448. The molecular formula is C15H22N2O. The summed E-state index contributed by atoms with van der Waals surface area (Å²) in [5, 5.41) is 9.29. The van der Waals surface area contributed by atoms with Gasteiger partial charge in [-0.1, -0.05) is 17.7 Å². The van der Waals surface area contributed by atoms with E-state index in [1.807, 2.05) is 38.1 Å². The lowest BCUT2D eigenvalue weighted by Crippen LogP contribution is -2.40. The molecule has 0 bridgehead atoms. The predicted molar refractivity (Wildman–Crippen MR) is 73.8 cm³/mol. The minimum absolute atomic E-state index is 0.436. The molecule has 0 amide bonds. The number of nitriles is 1. The van der Waals surface area contributed by atoms with Gasteiger partial charge in [0.2, 0.25) is 0 Å². The molecule has 0 saturated heterocycles. The van der Waals surface area contributed by atoms with Crippen molar-refractivity contribution in [2.45, 2.75) is 32.2 Å². The topological polar surface area (TPSA) is 36.3 Å². The number of rotatable bonds is 5. The third-order valence-electron chi connectivity index (χ3n) is 3.54. The van der Waals surface area contributed by atoms with Crippen molar-refractivity contribution >= 4 is 0 Å². The van der Waals surface area contributed by atoms with E-state index < -0.39 is 5.54 Å². The molecule has 0 fully saturated rings. The van der Waals surface area contributed by atoms with Gasteiger partial charge in [0.25, 0.3) is 0 Å². The van der Waals surface area contributed by atoms with E-state index in [2.05, 4.69) is 19.1 Å². The van der Waals surface area contributed by atoms with Gasteiger partial charge in [0.05, 0.1) is 13.2 Å². The Labute approximate surface area is 110 Å². The van der Waals surface area contributed by atoms with Crippen LogP contribution in [-0.4, -0.2) is 31.6 Å². The number of methoxy groups -OCH3 is 1. The molecule has 0 radical (unpaired) electrons. The number of hydrogen-bond donors (Lipinski definition) is 0. The van der Waals surface area contributed by atoms with Crippen molar-refractivity contribution in [2.24, 2.45) is 0 Å². The molecule has 0 heterocycles. The van der Waals surface area contributed by atoms with Gasteiger partial charge < -0.3 is 4.74 Å². The van der Waals surface area contributed by atoms with Crippen molar-refractivity contribution in [3.05, 3.63) is 29.3 Å². The Morgan fingerprint density at radius 3 is 2.56 bits per heavy atom. The van der Waals surface area contributed by atoms with E-state index in [-0.39, 0.29) is 0 Å². The van der Waals surface area contributed by atoms with Crippen LogP contribution in [0.15, 0.2) is 18.2 Å². The standard InChI is InChI=1S/C15H22N2O/c1-12-6-7-14(18-5)13(10-12)8-9-15(2,11-16)17(3)4/h6-7,10H,8-9H2,1-5H3. The van der Waals surface area contributed by atoms with Crippen LogP contribution in [0.1, 0.15) is 24.5 Å². The molecule has 1 aromatic carbocycles. The maximum absolute atomic E-state index is 9.29. The number of hydrogen-bond acceptors (Lipinski definition) is 3. The van der Waals surface area contributed by atoms with E-state index in [1.165, 1.54) is 11.1 Å². The number of aryl methyl sites for hydroxylation is 2. The van der Waals surface area contributed by atoms with Crippen LogP contribution in [0.4, 0.5) is 0 Å². The average molecular weight is 246 g/mol. The van der Waals surface area contributed by atoms with E-state index in [0.29, 0.717) is 0 Å². The highest BCUT2D eigenvalue weighted by Crippen LogP contribution is 2.25. The smallest absolute Gasteiger partial charge is 0.122 e. The van der Waals surface area contributed by atoms with E-state index in [0.717, 1.165) is 18.6 Å². The molecule has 0 spiro atoms. The maximum Gasteiger partial charge on any atom is 0.122 e. The van der Waals surface area contributed by atoms with E-state index in [4.69, 9.17) is 4.74 Å². The van der Waals surface area contributed by atoms with Crippen molar-refractivity contribution in [3.8, 4) is 11.8 Å². The van der Waals surface area contributed by atoms with Crippen LogP contribution in [0.5, 0.6) is 5.75 Å². The molecule has 1 aromatic rings. The molecule has 18 heavy (non-hydrogen) atoms. The largest absolute Gasteiger partial charge is 0.496 e. The second-order valence-corrected chi connectivity index (χ2v) is 5.10. The van der Waals surface area contributed by atoms with Gasteiger partial charge >= 0.3 is 0 Å². The van der Waals surface area contributed by atoms with Crippen LogP contribution < -0.4 is 4.74 Å². The second-order valence-electron chi connectivity index (χ2n) is 5.10. The van der Waals surface area contributed by atoms with Gasteiger partial charge in [0.15, 0.2) is 0 Å². The quantitative estimate of drug-likeness (QED) is 0.801. The first-order valence-electron chi connectivity index (χ1n) is 6.15. The van der Waals surface area contributed by atoms with Crippen LogP contribution in [0.2, 0.25) is 0 Å². The zero-order valence-corrected chi connectivity index (χ0v) is 11.9. The summed E-state index contributed by atoms with van der Waals surface area (Å²) in [4.78, 5) is 1.97. The Hall–Kier alpha value is -1.53. The second kappa shape index (κ2) is 5.88. The summed E-state index contributed by atoms with van der Waals surface area (Å²) in [5.74, 6) is 0.902. The van der Waals surface area contributed by atoms with Crippen LogP contribution in [0.25, 0.3) is 0 Å². The average Bonchev–Trinajstić information content (AvgIpc) is 2.35. The van der Waals surface area contributed by atoms with Crippen molar-refractivity contribution in [2.75, 3.05) is 21.2 Å². The summed E-state index contributed by atoms with van der Waals surface area (Å²) in [7, 11) is 5.57. The normalized spacial score (nSPS) is 14.1. The van der Waals surface area contributed by atoms with E-state index in [9.17, 15) is 5.26 Å². The van der Waals surface area contributed by atoms with Crippen LogP contribution in [-0.2, 0) is 6.42 Å². The summed E-state index contributed by atoms with van der Waals surface area (Å²) >= 11 is 0. The van der Waals surface area contributed by atoms with Gasteiger partial charge in [-0.05, 0) is 52.4 Å². The number of ether oxygens (including phenoxy) is 1. The maximum atomic E-state index is 9.29. The van der Waals surface area contributed by atoms with Crippen LogP contribution in [0, 0.1) is 18.3 Å². The van der Waals surface area contributed by atoms with Gasteiger partial charge in [-0.15, -0.1) is 0 Å². The van der Waals surface area contributed by atoms with Gasteiger partial charge in [-0.3, -0.25) is 4.90 Å². The molecule has 0 N–H and O–H groups in total. The molecule has 0 aliphatic carbocycles. The zero-order valence-electron chi connectivity index (χ0n) is 11.9. The summed E-state index contributed by atoms with van der Waals surface area (Å²) in [6, 6.07) is 8.55. The summed E-state index contributed by atoms with van der Waals surface area (Å²) < 4.78 is 5.36. The molecular weight excluding hydrogens is 224 g/mol. The lowest BCUT2D eigenvalue weighted by atomic mass is 9.93. The molecule has 3 nitrogen and oxygen atoms in total. The molecule has 1 atom stereocenters. The molecule has 0 aliphatic rings. The molecule has 1 rings (SSSR count). The SMILES string of the molecule is COc1ccc(C)cc1CCC(C)(C#N)N(C)C. The first-order chi connectivity index (χ1) is 8.42. The minimum Gasteiger partial charge on any atom is -0.496 e. The monoisotopic (exact) mass is 246 g/mol. The van der Waals surface area contributed by atoms with Crippen molar-refractivity contribution < 1.29 is 4.74 Å². The highest BCUT2D eigenvalue weighted by molar-refractivity contribution is 5.37. The zero-order chi connectivity index (χ0) is 13.8. The molecule has 0 aliphatic heterocycles. The summed E-state index contributed by atoms with van der Waals surface area (Å²) in [6.07, 6.45) is 1.63. The fourth-order valence-corrected chi connectivity index (χ4v) is 1.86. The lowest BCUT2D eigenvalue weighted by Gasteiger charge is -2.29. The number of nitrogens with zero attached hydrogens (tertiary/aromatic N) is 2. The number of benzene rings is 1.